The molecular formula is C17H12F3N3O2. The van der Waals surface area contributed by atoms with E-state index in [-0.39, 0.29) is 11.4 Å². The Labute approximate surface area is 140 Å². The topological polar surface area (TPSA) is 66.5 Å². The van der Waals surface area contributed by atoms with Gasteiger partial charge < -0.3 is 9.72 Å². The molecule has 0 unspecified atom stereocenters. The molecule has 0 aliphatic rings. The molecule has 0 bridgehead atoms. The smallest absolute Gasteiger partial charge is 0.406 e. The Morgan fingerprint density at radius 1 is 1.12 bits per heavy atom. The third-order valence-electron chi connectivity index (χ3n) is 3.25. The second-order valence-corrected chi connectivity index (χ2v) is 5.09. The standard InChI is InChI=1S/C17H12F3N3O2/c18-17(19,20)25-13-6-7-14-12(8-13)9-15(22-14)16(24)23-21-10-11-4-2-1-3-5-11/h1-10,22H,(H,23,24). The van der Waals surface area contributed by atoms with Gasteiger partial charge in [-0.25, -0.2) is 5.43 Å². The Kier molecular flexibility index (Phi) is 4.42. The molecule has 3 aromatic rings. The lowest BCUT2D eigenvalue weighted by atomic mass is 10.2. The number of hydrazone groups is 1. The van der Waals surface area contributed by atoms with E-state index >= 15 is 0 Å². The van der Waals surface area contributed by atoms with Gasteiger partial charge in [-0.1, -0.05) is 30.3 Å². The van der Waals surface area contributed by atoms with E-state index in [2.05, 4.69) is 20.2 Å². The van der Waals surface area contributed by atoms with E-state index in [1.54, 1.807) is 0 Å². The fourth-order valence-electron chi connectivity index (χ4n) is 2.19. The Morgan fingerprint density at radius 2 is 1.88 bits per heavy atom. The summed E-state index contributed by atoms with van der Waals surface area (Å²) < 4.78 is 40.6. The number of alkyl halides is 3. The van der Waals surface area contributed by atoms with Gasteiger partial charge in [-0.2, -0.15) is 5.10 Å². The van der Waals surface area contributed by atoms with Crippen molar-refractivity contribution in [3.8, 4) is 5.75 Å². The van der Waals surface area contributed by atoms with Crippen LogP contribution in [0.15, 0.2) is 59.7 Å². The Balaban J connectivity index is 1.72. The number of ether oxygens (including phenoxy) is 1. The van der Waals surface area contributed by atoms with Gasteiger partial charge in [0, 0.05) is 10.9 Å². The number of carbonyl (C=O) groups is 1. The predicted molar refractivity (Wildman–Crippen MR) is 86.5 cm³/mol. The molecule has 0 fully saturated rings. The molecule has 5 nitrogen and oxygen atoms in total. The summed E-state index contributed by atoms with van der Waals surface area (Å²) in [6.45, 7) is 0. The molecule has 0 saturated carbocycles. The van der Waals surface area contributed by atoms with Crippen molar-refractivity contribution in [1.29, 1.82) is 0 Å². The number of H-pyrrole nitrogens is 1. The predicted octanol–water partition coefficient (Wildman–Crippen LogP) is 3.83. The normalized spacial score (nSPS) is 11.8. The first-order chi connectivity index (χ1) is 11.9. The van der Waals surface area contributed by atoms with Crippen LogP contribution in [0.25, 0.3) is 10.9 Å². The maximum Gasteiger partial charge on any atom is 0.573 e. The van der Waals surface area contributed by atoms with Crippen LogP contribution < -0.4 is 10.2 Å². The number of benzene rings is 2. The van der Waals surface area contributed by atoms with E-state index in [0.29, 0.717) is 10.9 Å². The molecule has 3 rings (SSSR count). The number of halogens is 3. The zero-order valence-corrected chi connectivity index (χ0v) is 12.7. The summed E-state index contributed by atoms with van der Waals surface area (Å²) >= 11 is 0. The highest BCUT2D eigenvalue weighted by Gasteiger charge is 2.31. The molecule has 2 aromatic carbocycles. The first-order valence-corrected chi connectivity index (χ1v) is 7.18. The van der Waals surface area contributed by atoms with Crippen molar-refractivity contribution in [2.45, 2.75) is 6.36 Å². The number of hydrogen-bond acceptors (Lipinski definition) is 3. The van der Waals surface area contributed by atoms with Crippen molar-refractivity contribution >= 4 is 23.0 Å². The number of amides is 1. The third-order valence-corrected chi connectivity index (χ3v) is 3.25. The van der Waals surface area contributed by atoms with Crippen molar-refractivity contribution in [2.75, 3.05) is 0 Å². The molecule has 2 N–H and O–H groups in total. The van der Waals surface area contributed by atoms with Crippen molar-refractivity contribution in [2.24, 2.45) is 5.10 Å². The van der Waals surface area contributed by atoms with Crippen molar-refractivity contribution in [3.05, 3.63) is 65.9 Å². The molecule has 0 saturated heterocycles. The van der Waals surface area contributed by atoms with Crippen LogP contribution in [-0.2, 0) is 0 Å². The second-order valence-electron chi connectivity index (χ2n) is 5.09. The molecule has 1 heterocycles. The molecule has 0 atom stereocenters. The molecular weight excluding hydrogens is 335 g/mol. The molecule has 0 radical (unpaired) electrons. The minimum absolute atomic E-state index is 0.171. The van der Waals surface area contributed by atoms with Crippen LogP contribution in [0.3, 0.4) is 0 Å². The molecule has 0 aliphatic heterocycles. The number of nitrogens with zero attached hydrogens (tertiary/aromatic N) is 1. The van der Waals surface area contributed by atoms with Crippen LogP contribution in [0.4, 0.5) is 13.2 Å². The monoisotopic (exact) mass is 347 g/mol. The quantitative estimate of drug-likeness (QED) is 0.556. The summed E-state index contributed by atoms with van der Waals surface area (Å²) in [4.78, 5) is 14.9. The van der Waals surface area contributed by atoms with Crippen LogP contribution in [-0.4, -0.2) is 23.5 Å². The Bertz CT molecular complexity index is 918. The van der Waals surface area contributed by atoms with Crippen LogP contribution in [0.1, 0.15) is 16.1 Å². The lowest BCUT2D eigenvalue weighted by Crippen LogP contribution is -2.17. The first-order valence-electron chi connectivity index (χ1n) is 7.18. The zero-order valence-electron chi connectivity index (χ0n) is 12.7. The van der Waals surface area contributed by atoms with Gasteiger partial charge in [-0.05, 0) is 29.8 Å². The van der Waals surface area contributed by atoms with Crippen molar-refractivity contribution in [1.82, 2.24) is 10.4 Å². The Hall–Kier alpha value is -3.29. The molecule has 1 aromatic heterocycles. The van der Waals surface area contributed by atoms with E-state index in [1.165, 1.54) is 30.5 Å². The number of rotatable bonds is 4. The molecule has 25 heavy (non-hydrogen) atoms. The van der Waals surface area contributed by atoms with Gasteiger partial charge in [0.25, 0.3) is 5.91 Å². The lowest BCUT2D eigenvalue weighted by molar-refractivity contribution is -0.274. The van der Waals surface area contributed by atoms with E-state index in [1.807, 2.05) is 30.3 Å². The van der Waals surface area contributed by atoms with Gasteiger partial charge >= 0.3 is 6.36 Å². The van der Waals surface area contributed by atoms with Crippen LogP contribution >= 0.6 is 0 Å². The van der Waals surface area contributed by atoms with E-state index in [4.69, 9.17) is 0 Å². The summed E-state index contributed by atoms with van der Waals surface area (Å²) in [5, 5.41) is 4.25. The molecule has 128 valence electrons. The number of aromatic amines is 1. The largest absolute Gasteiger partial charge is 0.573 e. The fourth-order valence-corrected chi connectivity index (χ4v) is 2.19. The minimum Gasteiger partial charge on any atom is -0.406 e. The number of fused-ring (bicyclic) bond motifs is 1. The van der Waals surface area contributed by atoms with Crippen LogP contribution in [0.5, 0.6) is 5.75 Å². The maximum absolute atomic E-state index is 12.2. The fraction of sp³-hybridized carbons (Fsp3) is 0.0588. The Morgan fingerprint density at radius 3 is 2.60 bits per heavy atom. The van der Waals surface area contributed by atoms with Gasteiger partial charge in [0.2, 0.25) is 0 Å². The van der Waals surface area contributed by atoms with Gasteiger partial charge in [0.05, 0.1) is 6.21 Å². The van der Waals surface area contributed by atoms with Crippen molar-refractivity contribution < 1.29 is 22.7 Å². The van der Waals surface area contributed by atoms with Gasteiger partial charge in [0.15, 0.2) is 0 Å². The van der Waals surface area contributed by atoms with Gasteiger partial charge in [-0.15, -0.1) is 13.2 Å². The average Bonchev–Trinajstić information content (AvgIpc) is 2.97. The van der Waals surface area contributed by atoms with E-state index in [9.17, 15) is 18.0 Å². The highest BCUT2D eigenvalue weighted by atomic mass is 19.4. The zero-order chi connectivity index (χ0) is 17.9. The highest BCUT2D eigenvalue weighted by molar-refractivity contribution is 5.98. The van der Waals surface area contributed by atoms with Gasteiger partial charge in [-0.3, -0.25) is 4.79 Å². The summed E-state index contributed by atoms with van der Waals surface area (Å²) in [5.41, 5.74) is 3.84. The SMILES string of the molecule is O=C(NN=Cc1ccccc1)c1cc2cc(OC(F)(F)F)ccc2[nH]1. The first kappa shape index (κ1) is 16.6. The second kappa shape index (κ2) is 6.68. The summed E-state index contributed by atoms with van der Waals surface area (Å²) in [7, 11) is 0. The maximum atomic E-state index is 12.2. The van der Waals surface area contributed by atoms with E-state index < -0.39 is 12.3 Å². The summed E-state index contributed by atoms with van der Waals surface area (Å²) in [6.07, 6.45) is -3.29. The molecule has 0 spiro atoms. The number of hydrogen-bond donors (Lipinski definition) is 2. The number of aromatic nitrogens is 1. The minimum atomic E-state index is -4.77. The van der Waals surface area contributed by atoms with E-state index in [0.717, 1.165) is 5.56 Å². The van der Waals surface area contributed by atoms with Crippen LogP contribution in [0.2, 0.25) is 0 Å². The van der Waals surface area contributed by atoms with Crippen LogP contribution in [0, 0.1) is 0 Å². The summed E-state index contributed by atoms with van der Waals surface area (Å²) in [6, 6.07) is 14.4. The highest BCUT2D eigenvalue weighted by Crippen LogP contribution is 2.26. The van der Waals surface area contributed by atoms with Gasteiger partial charge in [0.1, 0.15) is 11.4 Å². The third kappa shape index (κ3) is 4.37. The van der Waals surface area contributed by atoms with Crippen molar-refractivity contribution in [3.63, 3.8) is 0 Å². The average molecular weight is 347 g/mol. The number of nitrogens with one attached hydrogen (secondary N) is 2. The lowest BCUT2D eigenvalue weighted by Gasteiger charge is -2.08. The molecule has 0 aliphatic carbocycles. The molecule has 8 heteroatoms. The molecule has 1 amide bonds. The number of carbonyl (C=O) groups excluding carboxylic acids is 1. The summed E-state index contributed by atoms with van der Waals surface area (Å²) in [5.74, 6) is -0.866.